The number of amides is 3. The largest absolute Gasteiger partial charge is 0.457 e. The van der Waals surface area contributed by atoms with Gasteiger partial charge in [0.1, 0.15) is 17.3 Å². The highest BCUT2D eigenvalue weighted by atomic mass is 16.5. The van der Waals surface area contributed by atoms with E-state index in [4.69, 9.17) is 14.0 Å². The molecule has 0 aliphatic carbocycles. The van der Waals surface area contributed by atoms with Crippen LogP contribution in [0, 0.1) is 5.92 Å². The van der Waals surface area contributed by atoms with Crippen LogP contribution in [0.25, 0.3) is 0 Å². The fourth-order valence-corrected chi connectivity index (χ4v) is 5.33. The van der Waals surface area contributed by atoms with Gasteiger partial charge in [0.25, 0.3) is 5.91 Å². The first-order valence-corrected chi connectivity index (χ1v) is 14.5. The lowest BCUT2D eigenvalue weighted by molar-refractivity contribution is -0.135. The molecule has 2 aromatic carbocycles. The van der Waals surface area contributed by atoms with Gasteiger partial charge in [-0.15, -0.1) is 0 Å². The highest BCUT2D eigenvalue weighted by Crippen LogP contribution is 2.25. The molecule has 2 aliphatic heterocycles. The zero-order chi connectivity index (χ0) is 29.6. The van der Waals surface area contributed by atoms with Crippen LogP contribution in [0.15, 0.2) is 59.1 Å². The number of nitrogens with zero attached hydrogens (tertiary/aromatic N) is 3. The number of hydrogen-bond acceptors (Lipinski definition) is 7. The predicted molar refractivity (Wildman–Crippen MR) is 155 cm³/mol. The van der Waals surface area contributed by atoms with Crippen LogP contribution >= 0.6 is 0 Å². The molecule has 4 bridgehead atoms. The van der Waals surface area contributed by atoms with E-state index in [1.165, 1.54) is 4.90 Å². The molecular weight excluding hydrogens is 536 g/mol. The number of rotatable bonds is 3. The summed E-state index contributed by atoms with van der Waals surface area (Å²) in [6.45, 7) is 5.05. The SMILES string of the molecule is CC(C)Cc1cc(C(=O)N2CC[C@H]3OCc4cccc(c4)Oc4cccc(c4)CCC(=O)N(C)CC(=O)N[C@H]3C2)no1. The van der Waals surface area contributed by atoms with E-state index in [0.717, 1.165) is 11.1 Å². The maximum absolute atomic E-state index is 13.3. The zero-order valence-electron chi connectivity index (χ0n) is 24.4. The first kappa shape index (κ1) is 29.3. The lowest BCUT2D eigenvalue weighted by atomic mass is 10.0. The second kappa shape index (κ2) is 13.2. The molecule has 0 saturated carbocycles. The summed E-state index contributed by atoms with van der Waals surface area (Å²) in [6.07, 6.45) is 1.66. The monoisotopic (exact) mass is 574 g/mol. The normalized spacial score (nSPS) is 20.3. The molecule has 10 heteroatoms. The summed E-state index contributed by atoms with van der Waals surface area (Å²) < 4.78 is 17.8. The topological polar surface area (TPSA) is 114 Å². The van der Waals surface area contributed by atoms with Crippen LogP contribution in [-0.4, -0.2) is 71.5 Å². The summed E-state index contributed by atoms with van der Waals surface area (Å²) >= 11 is 0. The van der Waals surface area contributed by atoms with Crippen LogP contribution < -0.4 is 10.1 Å². The van der Waals surface area contributed by atoms with E-state index >= 15 is 0 Å². The van der Waals surface area contributed by atoms with Crippen molar-refractivity contribution in [2.45, 2.75) is 58.3 Å². The minimum Gasteiger partial charge on any atom is -0.457 e. The molecule has 1 fully saturated rings. The van der Waals surface area contributed by atoms with Gasteiger partial charge in [-0.2, -0.15) is 0 Å². The molecule has 3 heterocycles. The van der Waals surface area contributed by atoms with Gasteiger partial charge >= 0.3 is 0 Å². The van der Waals surface area contributed by atoms with E-state index in [0.29, 0.717) is 55.6 Å². The van der Waals surface area contributed by atoms with Gasteiger partial charge in [0.15, 0.2) is 5.69 Å². The number of aryl methyl sites for hydroxylation is 1. The Bertz CT molecular complexity index is 1420. The molecule has 10 nitrogen and oxygen atoms in total. The number of fused-ring (bicyclic) bond motifs is 5. The van der Waals surface area contributed by atoms with E-state index in [1.807, 2.05) is 48.5 Å². The standard InChI is InChI=1S/C32H38N4O6/c1-21(2)14-26-17-27(34-42-26)32(39)36-13-12-29-28(18-36)33-30(37)19-35(3)31(38)11-10-22-6-4-8-24(15-22)41-25-9-5-7-23(16-25)20-40-29/h4-9,15-17,21,28-29H,10-14,18-20H2,1-3H3,(H,33,37)/t28-,29+/m0/s1. The first-order valence-electron chi connectivity index (χ1n) is 14.5. The van der Waals surface area contributed by atoms with Crippen LogP contribution in [-0.2, 0) is 33.8 Å². The van der Waals surface area contributed by atoms with Crippen molar-refractivity contribution in [1.29, 1.82) is 0 Å². The number of piperidine rings is 1. The van der Waals surface area contributed by atoms with E-state index in [1.54, 1.807) is 18.0 Å². The number of carbonyl (C=O) groups is 3. The number of aromatic nitrogens is 1. The minimum atomic E-state index is -0.473. The van der Waals surface area contributed by atoms with E-state index < -0.39 is 6.04 Å². The molecule has 1 N–H and O–H groups in total. The maximum Gasteiger partial charge on any atom is 0.276 e. The Morgan fingerprint density at radius 3 is 2.55 bits per heavy atom. The molecule has 5 rings (SSSR count). The Morgan fingerprint density at radius 1 is 1.05 bits per heavy atom. The van der Waals surface area contributed by atoms with Crippen molar-refractivity contribution in [1.82, 2.24) is 20.3 Å². The van der Waals surface area contributed by atoms with Crippen LogP contribution in [0.5, 0.6) is 11.5 Å². The van der Waals surface area contributed by atoms with Crippen molar-refractivity contribution in [2.24, 2.45) is 5.92 Å². The van der Waals surface area contributed by atoms with Gasteiger partial charge in [0, 0.05) is 39.0 Å². The number of hydrogen-bond donors (Lipinski definition) is 1. The van der Waals surface area contributed by atoms with Crippen molar-refractivity contribution in [2.75, 3.05) is 26.7 Å². The van der Waals surface area contributed by atoms with Crippen molar-refractivity contribution >= 4 is 17.7 Å². The highest BCUT2D eigenvalue weighted by Gasteiger charge is 2.35. The predicted octanol–water partition coefficient (Wildman–Crippen LogP) is 3.99. The average molecular weight is 575 g/mol. The van der Waals surface area contributed by atoms with Crippen LogP contribution in [0.2, 0.25) is 0 Å². The molecule has 0 radical (unpaired) electrons. The van der Waals surface area contributed by atoms with Crippen molar-refractivity contribution < 1.29 is 28.4 Å². The summed E-state index contributed by atoms with van der Waals surface area (Å²) in [6, 6.07) is 16.6. The van der Waals surface area contributed by atoms with Gasteiger partial charge in [-0.05, 0) is 54.2 Å². The number of nitrogens with one attached hydrogen (secondary N) is 1. The molecule has 0 unspecified atom stereocenters. The quantitative estimate of drug-likeness (QED) is 0.503. The Hall–Kier alpha value is -4.18. The molecule has 2 aliphatic rings. The Morgan fingerprint density at radius 2 is 1.79 bits per heavy atom. The van der Waals surface area contributed by atoms with Gasteiger partial charge in [-0.3, -0.25) is 14.4 Å². The highest BCUT2D eigenvalue weighted by molar-refractivity contribution is 5.92. The summed E-state index contributed by atoms with van der Waals surface area (Å²) in [5, 5.41) is 7.03. The summed E-state index contributed by atoms with van der Waals surface area (Å²) in [5.41, 5.74) is 2.15. The first-order chi connectivity index (χ1) is 20.2. The molecule has 3 aromatic rings. The molecule has 1 aromatic heterocycles. The Labute approximate surface area is 245 Å². The summed E-state index contributed by atoms with van der Waals surface area (Å²) in [5.74, 6) is 1.72. The number of benzene rings is 2. The van der Waals surface area contributed by atoms with Crippen LogP contribution in [0.1, 0.15) is 54.1 Å². The third kappa shape index (κ3) is 7.55. The molecule has 42 heavy (non-hydrogen) atoms. The number of ether oxygens (including phenoxy) is 2. The van der Waals surface area contributed by atoms with Gasteiger partial charge < -0.3 is 29.1 Å². The molecule has 2 atom stereocenters. The maximum atomic E-state index is 13.3. The van der Waals surface area contributed by atoms with Gasteiger partial charge in [-0.1, -0.05) is 43.3 Å². The van der Waals surface area contributed by atoms with Crippen LogP contribution in [0.4, 0.5) is 0 Å². The molecule has 0 spiro atoms. The van der Waals surface area contributed by atoms with E-state index in [9.17, 15) is 14.4 Å². The Balaban J connectivity index is 1.34. The number of likely N-dealkylation sites (N-methyl/N-ethyl adjacent to an activating group) is 1. The second-order valence-electron chi connectivity index (χ2n) is 11.5. The second-order valence-corrected chi connectivity index (χ2v) is 11.5. The molecule has 1 saturated heterocycles. The fraction of sp³-hybridized carbons (Fsp3) is 0.438. The lowest BCUT2D eigenvalue weighted by Crippen LogP contribution is -2.58. The van der Waals surface area contributed by atoms with E-state index in [2.05, 4.69) is 24.3 Å². The molecular formula is C32H38N4O6. The third-order valence-corrected chi connectivity index (χ3v) is 7.50. The minimum absolute atomic E-state index is 0.0942. The van der Waals surface area contributed by atoms with Gasteiger partial charge in [0.05, 0.1) is 25.3 Å². The van der Waals surface area contributed by atoms with Crippen LogP contribution in [0.3, 0.4) is 0 Å². The van der Waals surface area contributed by atoms with Gasteiger partial charge in [0.2, 0.25) is 11.8 Å². The number of likely N-dealkylation sites (tertiary alicyclic amines) is 1. The molecule has 3 amide bonds. The smallest absolute Gasteiger partial charge is 0.276 e. The third-order valence-electron chi connectivity index (χ3n) is 7.50. The van der Waals surface area contributed by atoms with Crippen molar-refractivity contribution in [3.8, 4) is 11.5 Å². The average Bonchev–Trinajstić information content (AvgIpc) is 3.42. The van der Waals surface area contributed by atoms with E-state index in [-0.39, 0.29) is 49.0 Å². The zero-order valence-corrected chi connectivity index (χ0v) is 24.4. The summed E-state index contributed by atoms with van der Waals surface area (Å²) in [7, 11) is 1.62. The van der Waals surface area contributed by atoms with Crippen molar-refractivity contribution in [3.05, 3.63) is 77.2 Å². The fourth-order valence-electron chi connectivity index (χ4n) is 5.33. The molecule has 222 valence electrons. The van der Waals surface area contributed by atoms with Crippen molar-refractivity contribution in [3.63, 3.8) is 0 Å². The number of carbonyl (C=O) groups excluding carboxylic acids is 3. The van der Waals surface area contributed by atoms with Gasteiger partial charge in [-0.25, -0.2) is 0 Å². The Kier molecular flexibility index (Phi) is 9.22. The lowest BCUT2D eigenvalue weighted by Gasteiger charge is -2.38. The summed E-state index contributed by atoms with van der Waals surface area (Å²) in [4.78, 5) is 42.4.